The Hall–Kier alpha value is -1.58. The first kappa shape index (κ1) is 15.9. The van der Waals surface area contributed by atoms with Gasteiger partial charge in [0, 0.05) is 25.6 Å². The number of halogens is 2. The van der Waals surface area contributed by atoms with Crippen molar-refractivity contribution in [2.45, 2.75) is 19.3 Å². The minimum absolute atomic E-state index is 0.0835. The highest BCUT2D eigenvalue weighted by Crippen LogP contribution is 2.55. The number of benzene rings is 3. The first-order chi connectivity index (χ1) is 11.5. The van der Waals surface area contributed by atoms with Gasteiger partial charge < -0.3 is 4.90 Å². The molecule has 1 nitrogen and oxygen atoms in total. The predicted octanol–water partition coefficient (Wildman–Crippen LogP) is 7.32. The molecule has 0 spiro atoms. The zero-order chi connectivity index (χ0) is 16.9. The Bertz CT molecular complexity index is 916. The number of rotatable bonds is 1. The SMILES string of the molecule is CC1(C)c2cccc(Br)c2N(c2ccccc2)c2cccc(Br)c21. The lowest BCUT2D eigenvalue weighted by Gasteiger charge is -2.43. The molecule has 0 unspecified atom stereocenters. The van der Waals surface area contributed by atoms with Crippen LogP contribution in [0.2, 0.25) is 0 Å². The van der Waals surface area contributed by atoms with Crippen molar-refractivity contribution < 1.29 is 0 Å². The van der Waals surface area contributed by atoms with Crippen LogP contribution in [0.3, 0.4) is 0 Å². The molecule has 1 aliphatic heterocycles. The van der Waals surface area contributed by atoms with Crippen LogP contribution < -0.4 is 4.90 Å². The molecule has 0 radical (unpaired) electrons. The normalized spacial score (nSPS) is 14.9. The summed E-state index contributed by atoms with van der Waals surface area (Å²) in [5, 5.41) is 0. The molecule has 24 heavy (non-hydrogen) atoms. The maximum absolute atomic E-state index is 3.79. The van der Waals surface area contributed by atoms with Gasteiger partial charge in [0.15, 0.2) is 0 Å². The molecule has 3 heteroatoms. The second-order valence-corrected chi connectivity index (χ2v) is 8.27. The average Bonchev–Trinajstić information content (AvgIpc) is 2.56. The molecule has 4 rings (SSSR count). The molecule has 0 atom stereocenters. The van der Waals surface area contributed by atoms with Crippen molar-refractivity contribution in [2.75, 3.05) is 4.90 Å². The van der Waals surface area contributed by atoms with E-state index in [4.69, 9.17) is 0 Å². The summed E-state index contributed by atoms with van der Waals surface area (Å²) >= 11 is 7.58. The minimum atomic E-state index is -0.0835. The van der Waals surface area contributed by atoms with E-state index in [1.165, 1.54) is 28.2 Å². The van der Waals surface area contributed by atoms with Crippen LogP contribution in [0.15, 0.2) is 75.7 Å². The third-order valence-corrected chi connectivity index (χ3v) is 6.06. The molecule has 0 amide bonds. The van der Waals surface area contributed by atoms with Crippen LogP contribution in [-0.4, -0.2) is 0 Å². The Labute approximate surface area is 159 Å². The Kier molecular flexibility index (Phi) is 3.81. The van der Waals surface area contributed by atoms with E-state index in [1.54, 1.807) is 0 Å². The predicted molar refractivity (Wildman–Crippen MR) is 109 cm³/mol. The van der Waals surface area contributed by atoms with E-state index < -0.39 is 0 Å². The van der Waals surface area contributed by atoms with Crippen LogP contribution in [0, 0.1) is 0 Å². The summed E-state index contributed by atoms with van der Waals surface area (Å²) in [6.45, 7) is 4.59. The number of para-hydroxylation sites is 2. The van der Waals surface area contributed by atoms with Crippen molar-refractivity contribution in [1.82, 2.24) is 0 Å². The zero-order valence-corrected chi connectivity index (χ0v) is 16.7. The second-order valence-electron chi connectivity index (χ2n) is 6.57. The maximum Gasteiger partial charge on any atom is 0.0644 e. The minimum Gasteiger partial charge on any atom is -0.309 e. The van der Waals surface area contributed by atoms with Crippen LogP contribution >= 0.6 is 31.9 Å². The number of nitrogens with zero attached hydrogens (tertiary/aromatic N) is 1. The van der Waals surface area contributed by atoms with Crippen LogP contribution in [0.25, 0.3) is 0 Å². The zero-order valence-electron chi connectivity index (χ0n) is 13.6. The molecule has 0 N–H and O–H groups in total. The van der Waals surface area contributed by atoms with Gasteiger partial charge in [-0.1, -0.05) is 66.2 Å². The van der Waals surface area contributed by atoms with E-state index in [0.29, 0.717) is 0 Å². The molecule has 3 aromatic carbocycles. The molecular weight excluding hydrogens is 426 g/mol. The topological polar surface area (TPSA) is 3.24 Å². The molecule has 3 aromatic rings. The summed E-state index contributed by atoms with van der Waals surface area (Å²) < 4.78 is 2.26. The fourth-order valence-electron chi connectivity index (χ4n) is 3.67. The quantitative estimate of drug-likeness (QED) is 0.381. The van der Waals surface area contributed by atoms with Gasteiger partial charge in [0.1, 0.15) is 0 Å². The Morgan fingerprint density at radius 1 is 0.750 bits per heavy atom. The Balaban J connectivity index is 2.12. The van der Waals surface area contributed by atoms with Crippen molar-refractivity contribution in [2.24, 2.45) is 0 Å². The van der Waals surface area contributed by atoms with E-state index in [1.807, 2.05) is 0 Å². The lowest BCUT2D eigenvalue weighted by molar-refractivity contribution is 0.628. The third kappa shape index (κ3) is 2.26. The molecule has 1 heterocycles. The van der Waals surface area contributed by atoms with Crippen LogP contribution in [0.1, 0.15) is 25.0 Å². The van der Waals surface area contributed by atoms with Gasteiger partial charge in [0.05, 0.1) is 11.4 Å². The third-order valence-electron chi connectivity index (χ3n) is 4.76. The fourth-order valence-corrected chi connectivity index (χ4v) is 5.06. The molecular formula is C21H17Br2N. The van der Waals surface area contributed by atoms with Crippen LogP contribution in [-0.2, 0) is 5.41 Å². The van der Waals surface area contributed by atoms with E-state index in [9.17, 15) is 0 Å². The summed E-state index contributed by atoms with van der Waals surface area (Å²) in [5.74, 6) is 0. The average molecular weight is 443 g/mol. The highest BCUT2D eigenvalue weighted by Gasteiger charge is 2.39. The van der Waals surface area contributed by atoms with Crippen molar-refractivity contribution in [3.05, 3.63) is 86.8 Å². The number of fused-ring (bicyclic) bond motifs is 2. The van der Waals surface area contributed by atoms with Gasteiger partial charge in [-0.25, -0.2) is 0 Å². The lowest BCUT2D eigenvalue weighted by atomic mass is 9.73. The molecule has 0 saturated carbocycles. The lowest BCUT2D eigenvalue weighted by Crippen LogP contribution is -2.31. The van der Waals surface area contributed by atoms with Gasteiger partial charge in [0.25, 0.3) is 0 Å². The fraction of sp³-hybridized carbons (Fsp3) is 0.143. The van der Waals surface area contributed by atoms with Crippen molar-refractivity contribution in [1.29, 1.82) is 0 Å². The van der Waals surface area contributed by atoms with E-state index >= 15 is 0 Å². The number of anilines is 3. The molecule has 0 fully saturated rings. The van der Waals surface area contributed by atoms with Crippen LogP contribution in [0.5, 0.6) is 0 Å². The first-order valence-electron chi connectivity index (χ1n) is 7.95. The standard InChI is InChI=1S/C21H17Br2N/c1-21(2)15-10-6-12-17(23)20(15)24(14-8-4-3-5-9-14)18-13-7-11-16(22)19(18)21/h3-13H,1-2H3. The monoisotopic (exact) mass is 441 g/mol. The Morgan fingerprint density at radius 3 is 2.17 bits per heavy atom. The first-order valence-corrected chi connectivity index (χ1v) is 9.53. The molecule has 120 valence electrons. The smallest absolute Gasteiger partial charge is 0.0644 e. The van der Waals surface area contributed by atoms with Crippen LogP contribution in [0.4, 0.5) is 17.1 Å². The summed E-state index contributed by atoms with van der Waals surface area (Å²) in [6, 6.07) is 23.5. The van der Waals surface area contributed by atoms with Gasteiger partial charge in [-0.15, -0.1) is 0 Å². The maximum atomic E-state index is 3.79. The van der Waals surface area contributed by atoms with Crippen molar-refractivity contribution in [3.8, 4) is 0 Å². The summed E-state index contributed by atoms with van der Waals surface area (Å²) in [5.41, 5.74) is 6.17. The highest BCUT2D eigenvalue weighted by atomic mass is 79.9. The number of hydrogen-bond donors (Lipinski definition) is 0. The van der Waals surface area contributed by atoms with E-state index in [0.717, 1.165) is 8.95 Å². The van der Waals surface area contributed by atoms with Gasteiger partial charge in [-0.2, -0.15) is 0 Å². The highest BCUT2D eigenvalue weighted by molar-refractivity contribution is 9.11. The Morgan fingerprint density at radius 2 is 1.42 bits per heavy atom. The van der Waals surface area contributed by atoms with Gasteiger partial charge in [-0.05, 0) is 51.8 Å². The van der Waals surface area contributed by atoms with Gasteiger partial charge in [-0.3, -0.25) is 0 Å². The van der Waals surface area contributed by atoms with Gasteiger partial charge >= 0.3 is 0 Å². The van der Waals surface area contributed by atoms with Gasteiger partial charge in [0.2, 0.25) is 0 Å². The summed E-state index contributed by atoms with van der Waals surface area (Å²) in [6.07, 6.45) is 0. The molecule has 1 aliphatic rings. The molecule has 0 saturated heterocycles. The second kappa shape index (κ2) is 5.75. The molecule has 0 aliphatic carbocycles. The van der Waals surface area contributed by atoms with Crippen molar-refractivity contribution >= 4 is 48.9 Å². The molecule has 0 bridgehead atoms. The number of hydrogen-bond acceptors (Lipinski definition) is 1. The molecule has 0 aromatic heterocycles. The summed E-state index contributed by atoms with van der Waals surface area (Å²) in [7, 11) is 0. The van der Waals surface area contributed by atoms with Crippen molar-refractivity contribution in [3.63, 3.8) is 0 Å². The largest absolute Gasteiger partial charge is 0.309 e. The summed E-state index contributed by atoms with van der Waals surface area (Å²) in [4.78, 5) is 2.35. The van der Waals surface area contributed by atoms with E-state index in [2.05, 4.69) is 117 Å². The van der Waals surface area contributed by atoms with E-state index in [-0.39, 0.29) is 5.41 Å².